The van der Waals surface area contributed by atoms with Gasteiger partial charge in [-0.2, -0.15) is 0 Å². The summed E-state index contributed by atoms with van der Waals surface area (Å²) in [5.74, 6) is 1.19. The van der Waals surface area contributed by atoms with Crippen LogP contribution in [-0.4, -0.2) is 56.0 Å². The van der Waals surface area contributed by atoms with E-state index < -0.39 is 0 Å². The normalized spacial score (nSPS) is 10.6. The number of para-hydroxylation sites is 1. The van der Waals surface area contributed by atoms with Gasteiger partial charge in [-0.1, -0.05) is 85.8 Å². The Morgan fingerprint density at radius 1 is 0.683 bits per heavy atom. The second-order valence-corrected chi connectivity index (χ2v) is 9.93. The van der Waals surface area contributed by atoms with Crippen molar-refractivity contribution in [2.75, 3.05) is 34.4 Å². The number of hydrogen-bond acceptors (Lipinski definition) is 4. The first kappa shape index (κ1) is 29.4. The van der Waals surface area contributed by atoms with Gasteiger partial charge in [0.15, 0.2) is 11.5 Å². The van der Waals surface area contributed by atoms with Gasteiger partial charge >= 0.3 is 0 Å². The fourth-order valence-corrected chi connectivity index (χ4v) is 5.10. The van der Waals surface area contributed by atoms with E-state index in [4.69, 9.17) is 9.47 Å². The Labute approximate surface area is 243 Å². The van der Waals surface area contributed by atoms with Crippen LogP contribution >= 0.6 is 0 Å². The van der Waals surface area contributed by atoms with Crippen LogP contribution in [0.5, 0.6) is 11.5 Å². The van der Waals surface area contributed by atoms with E-state index >= 15 is 0 Å². The molecule has 212 valence electrons. The number of amides is 2. The first-order valence-corrected chi connectivity index (χ1v) is 13.9. The van der Waals surface area contributed by atoms with Crippen LogP contribution in [0.1, 0.15) is 45.2 Å². The van der Waals surface area contributed by atoms with E-state index in [1.54, 1.807) is 26.2 Å². The summed E-state index contributed by atoms with van der Waals surface area (Å²) in [7, 11) is 5.05. The zero-order valence-electron chi connectivity index (χ0n) is 24.3. The SMILES string of the molecule is CCCN(CCc1cccc(OC)c1OC)C(=O)c1ccccc1-c1ccccc1C(=O)N(C)Cc1ccccc1. The summed E-state index contributed by atoms with van der Waals surface area (Å²) in [6, 6.07) is 30.8. The fraction of sp³-hybridized carbons (Fsp3) is 0.257. The Hall–Kier alpha value is -4.58. The molecule has 0 spiro atoms. The van der Waals surface area contributed by atoms with Gasteiger partial charge in [-0.25, -0.2) is 0 Å². The molecule has 0 radical (unpaired) electrons. The summed E-state index contributed by atoms with van der Waals surface area (Å²) in [6.07, 6.45) is 1.44. The lowest BCUT2D eigenvalue weighted by Gasteiger charge is -2.25. The maximum Gasteiger partial charge on any atom is 0.254 e. The average Bonchev–Trinajstić information content (AvgIpc) is 3.02. The molecule has 0 aliphatic heterocycles. The lowest BCUT2D eigenvalue weighted by atomic mass is 9.94. The first-order chi connectivity index (χ1) is 20.0. The van der Waals surface area contributed by atoms with Crippen molar-refractivity contribution in [2.45, 2.75) is 26.3 Å². The second-order valence-electron chi connectivity index (χ2n) is 9.93. The Balaban J connectivity index is 1.62. The van der Waals surface area contributed by atoms with Crippen LogP contribution < -0.4 is 9.47 Å². The molecule has 0 heterocycles. The predicted molar refractivity (Wildman–Crippen MR) is 164 cm³/mol. The van der Waals surface area contributed by atoms with Gasteiger partial charge in [0.1, 0.15) is 0 Å². The Bertz CT molecular complexity index is 1470. The van der Waals surface area contributed by atoms with Crippen molar-refractivity contribution in [1.82, 2.24) is 9.80 Å². The monoisotopic (exact) mass is 550 g/mol. The zero-order valence-corrected chi connectivity index (χ0v) is 24.3. The van der Waals surface area contributed by atoms with Crippen molar-refractivity contribution in [3.05, 3.63) is 119 Å². The third-order valence-electron chi connectivity index (χ3n) is 7.13. The number of benzene rings is 4. The molecule has 0 N–H and O–H groups in total. The van der Waals surface area contributed by atoms with E-state index in [1.807, 2.05) is 102 Å². The lowest BCUT2D eigenvalue weighted by molar-refractivity contribution is 0.0755. The van der Waals surface area contributed by atoms with Crippen molar-refractivity contribution in [3.63, 3.8) is 0 Å². The largest absolute Gasteiger partial charge is 0.493 e. The second kappa shape index (κ2) is 14.2. The molecule has 0 fully saturated rings. The highest BCUT2D eigenvalue weighted by molar-refractivity contribution is 6.06. The Kier molecular flexibility index (Phi) is 10.2. The summed E-state index contributed by atoms with van der Waals surface area (Å²) < 4.78 is 11.1. The molecule has 0 saturated carbocycles. The molecule has 0 saturated heterocycles. The quantitative estimate of drug-likeness (QED) is 0.196. The molecule has 4 aromatic rings. The van der Waals surface area contributed by atoms with Gasteiger partial charge < -0.3 is 19.3 Å². The molecule has 0 aliphatic rings. The molecule has 0 atom stereocenters. The van der Waals surface area contributed by atoms with E-state index in [9.17, 15) is 9.59 Å². The summed E-state index contributed by atoms with van der Waals surface area (Å²) in [5, 5.41) is 0. The van der Waals surface area contributed by atoms with Crippen molar-refractivity contribution in [2.24, 2.45) is 0 Å². The van der Waals surface area contributed by atoms with E-state index in [2.05, 4.69) is 6.92 Å². The average molecular weight is 551 g/mol. The van der Waals surface area contributed by atoms with Crippen LogP contribution in [0.3, 0.4) is 0 Å². The molecule has 0 unspecified atom stereocenters. The maximum atomic E-state index is 14.1. The van der Waals surface area contributed by atoms with Gasteiger partial charge in [-0.05, 0) is 53.3 Å². The zero-order chi connectivity index (χ0) is 29.2. The van der Waals surface area contributed by atoms with E-state index in [0.29, 0.717) is 48.7 Å². The van der Waals surface area contributed by atoms with Crippen LogP contribution in [0.2, 0.25) is 0 Å². The van der Waals surface area contributed by atoms with Crippen molar-refractivity contribution >= 4 is 11.8 Å². The third-order valence-corrected chi connectivity index (χ3v) is 7.13. The molecular weight excluding hydrogens is 512 g/mol. The summed E-state index contributed by atoms with van der Waals surface area (Å²) in [6.45, 7) is 3.69. The predicted octanol–water partition coefficient (Wildman–Crippen LogP) is 6.74. The number of ether oxygens (including phenoxy) is 2. The number of methoxy groups -OCH3 is 2. The number of hydrogen-bond donors (Lipinski definition) is 0. The molecule has 2 amide bonds. The highest BCUT2D eigenvalue weighted by atomic mass is 16.5. The Morgan fingerprint density at radius 3 is 1.90 bits per heavy atom. The summed E-state index contributed by atoms with van der Waals surface area (Å²) >= 11 is 0. The van der Waals surface area contributed by atoms with Crippen LogP contribution in [-0.2, 0) is 13.0 Å². The maximum absolute atomic E-state index is 14.1. The lowest BCUT2D eigenvalue weighted by Crippen LogP contribution is -2.34. The third kappa shape index (κ3) is 6.95. The van der Waals surface area contributed by atoms with Crippen molar-refractivity contribution in [1.29, 1.82) is 0 Å². The minimum absolute atomic E-state index is 0.0656. The molecule has 6 nitrogen and oxygen atoms in total. The number of carbonyl (C=O) groups is 2. The van der Waals surface area contributed by atoms with Crippen LogP contribution in [0.4, 0.5) is 0 Å². The van der Waals surface area contributed by atoms with E-state index in [-0.39, 0.29) is 11.8 Å². The molecule has 0 bridgehead atoms. The first-order valence-electron chi connectivity index (χ1n) is 13.9. The van der Waals surface area contributed by atoms with E-state index in [0.717, 1.165) is 28.7 Å². The molecular formula is C35H38N2O4. The smallest absolute Gasteiger partial charge is 0.254 e. The van der Waals surface area contributed by atoms with Gasteiger partial charge in [0.2, 0.25) is 0 Å². The molecule has 4 rings (SSSR count). The van der Waals surface area contributed by atoms with Crippen molar-refractivity contribution < 1.29 is 19.1 Å². The van der Waals surface area contributed by atoms with Gasteiger partial charge in [0, 0.05) is 37.8 Å². The minimum atomic E-state index is -0.0951. The minimum Gasteiger partial charge on any atom is -0.493 e. The fourth-order valence-electron chi connectivity index (χ4n) is 5.10. The number of carbonyl (C=O) groups excluding carboxylic acids is 2. The topological polar surface area (TPSA) is 59.1 Å². The molecule has 4 aromatic carbocycles. The van der Waals surface area contributed by atoms with Crippen LogP contribution in [0.15, 0.2) is 97.1 Å². The number of rotatable bonds is 12. The highest BCUT2D eigenvalue weighted by Crippen LogP contribution is 2.32. The molecule has 41 heavy (non-hydrogen) atoms. The van der Waals surface area contributed by atoms with Gasteiger partial charge in [0.25, 0.3) is 11.8 Å². The van der Waals surface area contributed by atoms with Gasteiger partial charge in [0.05, 0.1) is 14.2 Å². The molecule has 0 aliphatic carbocycles. The highest BCUT2D eigenvalue weighted by Gasteiger charge is 2.23. The molecule has 6 heteroatoms. The van der Waals surface area contributed by atoms with Crippen LogP contribution in [0.25, 0.3) is 11.1 Å². The van der Waals surface area contributed by atoms with Gasteiger partial charge in [-0.15, -0.1) is 0 Å². The van der Waals surface area contributed by atoms with Crippen molar-refractivity contribution in [3.8, 4) is 22.6 Å². The summed E-state index contributed by atoms with van der Waals surface area (Å²) in [4.78, 5) is 31.3. The van der Waals surface area contributed by atoms with E-state index in [1.165, 1.54) is 0 Å². The number of nitrogens with zero attached hydrogens (tertiary/aromatic N) is 2. The molecule has 0 aromatic heterocycles. The Morgan fingerprint density at radius 2 is 1.29 bits per heavy atom. The van der Waals surface area contributed by atoms with Crippen LogP contribution in [0, 0.1) is 0 Å². The van der Waals surface area contributed by atoms with Gasteiger partial charge in [-0.3, -0.25) is 9.59 Å². The standard InChI is InChI=1S/C35H38N2O4/c1-5-23-37(24-22-27-16-13-21-32(40-3)33(27)41-4)35(39)31-20-12-10-18-29(31)28-17-9-11-19-30(28)34(38)36(2)25-26-14-7-6-8-15-26/h6-21H,5,22-25H2,1-4H3. The summed E-state index contributed by atoms with van der Waals surface area (Å²) in [5.41, 5.74) is 4.66.